The zero-order valence-corrected chi connectivity index (χ0v) is 17.4. The van der Waals surface area contributed by atoms with Gasteiger partial charge >= 0.3 is 0 Å². The minimum atomic E-state index is -0.0404. The third-order valence-corrected chi connectivity index (χ3v) is 6.74. The van der Waals surface area contributed by atoms with Crippen LogP contribution in [0.1, 0.15) is 52.9 Å². The predicted molar refractivity (Wildman–Crippen MR) is 105 cm³/mol. The van der Waals surface area contributed by atoms with Crippen LogP contribution in [0.25, 0.3) is 0 Å². The van der Waals surface area contributed by atoms with Crippen molar-refractivity contribution in [1.82, 2.24) is 14.7 Å². The van der Waals surface area contributed by atoms with Crippen LogP contribution in [0.2, 0.25) is 0 Å². The molecule has 0 N–H and O–H groups in total. The van der Waals surface area contributed by atoms with E-state index >= 15 is 0 Å². The Bertz CT molecular complexity index is 517. The summed E-state index contributed by atoms with van der Waals surface area (Å²) in [5.41, 5.74) is 0. The Hall–Kier alpha value is -1.14. The first-order valence-electron chi connectivity index (χ1n) is 11.0. The van der Waals surface area contributed by atoms with Crippen molar-refractivity contribution in [2.75, 3.05) is 45.9 Å². The van der Waals surface area contributed by atoms with Crippen LogP contribution in [0.15, 0.2) is 0 Å². The monoisotopic (exact) mass is 379 g/mol. The Labute approximate surface area is 164 Å². The summed E-state index contributed by atoms with van der Waals surface area (Å²) in [5, 5.41) is 0. The number of amides is 2. The highest BCUT2D eigenvalue weighted by atomic mass is 16.5. The number of fused-ring (bicyclic) bond motifs is 1. The van der Waals surface area contributed by atoms with Crippen LogP contribution >= 0.6 is 0 Å². The van der Waals surface area contributed by atoms with Gasteiger partial charge in [-0.3, -0.25) is 14.5 Å². The van der Waals surface area contributed by atoms with Gasteiger partial charge in [-0.05, 0) is 45.6 Å². The van der Waals surface area contributed by atoms with Crippen LogP contribution < -0.4 is 0 Å². The molecule has 3 aliphatic rings. The van der Waals surface area contributed by atoms with Gasteiger partial charge in [0, 0.05) is 51.1 Å². The number of carbonyl (C=O) groups is 2. The molecule has 0 aromatic carbocycles. The van der Waals surface area contributed by atoms with Crippen LogP contribution in [-0.2, 0) is 14.3 Å². The standard InChI is InChI=1S/C21H37N3O3/c1-4-9-24-14-16(12-19(25)23-10-7-8-11-23)21-17(24)15-27-18(21)13-20(26)22(5-2)6-3/h16-18,21H,4-15H2,1-3H3/t16-,17-,18+,21-/m1/s1. The fourth-order valence-corrected chi connectivity index (χ4v) is 5.35. The molecule has 3 saturated heterocycles. The molecular formula is C21H37N3O3. The van der Waals surface area contributed by atoms with Crippen molar-refractivity contribution in [3.63, 3.8) is 0 Å². The Kier molecular flexibility index (Phi) is 7.15. The Balaban J connectivity index is 1.68. The number of likely N-dealkylation sites (tertiary alicyclic amines) is 2. The first-order chi connectivity index (χ1) is 13.1. The maximum absolute atomic E-state index is 12.8. The second kappa shape index (κ2) is 9.37. The summed E-state index contributed by atoms with van der Waals surface area (Å²) in [6.45, 7) is 12.3. The summed E-state index contributed by atoms with van der Waals surface area (Å²) < 4.78 is 6.13. The van der Waals surface area contributed by atoms with E-state index in [1.807, 2.05) is 23.6 Å². The van der Waals surface area contributed by atoms with Crippen molar-refractivity contribution in [1.29, 1.82) is 0 Å². The molecule has 2 amide bonds. The lowest BCUT2D eigenvalue weighted by Gasteiger charge is -2.26. The average Bonchev–Trinajstić information content (AvgIpc) is 3.37. The molecule has 4 atom stereocenters. The lowest BCUT2D eigenvalue weighted by Crippen LogP contribution is -2.38. The van der Waals surface area contributed by atoms with E-state index in [9.17, 15) is 9.59 Å². The van der Waals surface area contributed by atoms with Gasteiger partial charge < -0.3 is 14.5 Å². The fraction of sp³-hybridized carbons (Fsp3) is 0.905. The van der Waals surface area contributed by atoms with E-state index in [2.05, 4.69) is 11.8 Å². The maximum atomic E-state index is 12.8. The van der Waals surface area contributed by atoms with E-state index in [-0.39, 0.29) is 12.0 Å². The molecule has 0 radical (unpaired) electrons. The van der Waals surface area contributed by atoms with Crippen LogP contribution in [0, 0.1) is 11.8 Å². The summed E-state index contributed by atoms with van der Waals surface area (Å²) in [5.74, 6) is 1.11. The first kappa shape index (κ1) is 20.6. The van der Waals surface area contributed by atoms with Gasteiger partial charge in [0.15, 0.2) is 0 Å². The molecule has 0 aliphatic carbocycles. The molecule has 3 rings (SSSR count). The van der Waals surface area contributed by atoms with Crippen molar-refractivity contribution in [3.8, 4) is 0 Å². The van der Waals surface area contributed by atoms with Gasteiger partial charge in [-0.2, -0.15) is 0 Å². The van der Waals surface area contributed by atoms with Gasteiger partial charge in [-0.1, -0.05) is 6.92 Å². The van der Waals surface area contributed by atoms with Gasteiger partial charge in [0.25, 0.3) is 0 Å². The number of ether oxygens (including phenoxy) is 1. The van der Waals surface area contributed by atoms with Crippen molar-refractivity contribution in [2.45, 2.75) is 65.0 Å². The SMILES string of the molecule is CCCN1C[C@@H](CC(=O)N2CCCC2)[C@H]2[C@H](CC(=O)N(CC)CC)OC[C@H]21. The molecule has 0 spiro atoms. The molecule has 0 aromatic heterocycles. The van der Waals surface area contributed by atoms with Crippen LogP contribution in [0.3, 0.4) is 0 Å². The first-order valence-corrected chi connectivity index (χ1v) is 11.0. The van der Waals surface area contributed by atoms with Gasteiger partial charge in [-0.15, -0.1) is 0 Å². The number of hydrogen-bond acceptors (Lipinski definition) is 4. The lowest BCUT2D eigenvalue weighted by molar-refractivity contribution is -0.134. The van der Waals surface area contributed by atoms with Crippen molar-refractivity contribution in [3.05, 3.63) is 0 Å². The number of nitrogens with zero attached hydrogens (tertiary/aromatic N) is 3. The smallest absolute Gasteiger partial charge is 0.225 e. The molecule has 3 aliphatic heterocycles. The summed E-state index contributed by atoms with van der Waals surface area (Å²) in [6.07, 6.45) is 4.40. The highest BCUT2D eigenvalue weighted by Gasteiger charge is 2.51. The second-order valence-corrected chi connectivity index (χ2v) is 8.33. The third kappa shape index (κ3) is 4.48. The molecular weight excluding hydrogens is 342 g/mol. The Morgan fingerprint density at radius 2 is 1.78 bits per heavy atom. The zero-order chi connectivity index (χ0) is 19.4. The zero-order valence-electron chi connectivity index (χ0n) is 17.4. The second-order valence-electron chi connectivity index (χ2n) is 8.33. The van der Waals surface area contributed by atoms with Crippen LogP contribution in [-0.4, -0.2) is 84.5 Å². The van der Waals surface area contributed by atoms with E-state index < -0.39 is 0 Å². The quantitative estimate of drug-likeness (QED) is 0.647. The van der Waals surface area contributed by atoms with E-state index in [0.717, 1.165) is 58.5 Å². The van der Waals surface area contributed by atoms with Crippen molar-refractivity contribution in [2.24, 2.45) is 11.8 Å². The summed E-state index contributed by atoms with van der Waals surface area (Å²) in [7, 11) is 0. The average molecular weight is 380 g/mol. The van der Waals surface area contributed by atoms with E-state index in [1.165, 1.54) is 0 Å². The normalized spacial score (nSPS) is 30.7. The molecule has 3 fully saturated rings. The van der Waals surface area contributed by atoms with Crippen molar-refractivity contribution >= 4 is 11.8 Å². The summed E-state index contributed by atoms with van der Waals surface area (Å²) >= 11 is 0. The van der Waals surface area contributed by atoms with Crippen molar-refractivity contribution < 1.29 is 14.3 Å². The molecule has 6 heteroatoms. The van der Waals surface area contributed by atoms with Gasteiger partial charge in [0.2, 0.25) is 11.8 Å². The molecule has 0 bridgehead atoms. The molecule has 0 unspecified atom stereocenters. The number of rotatable bonds is 8. The Morgan fingerprint density at radius 3 is 2.41 bits per heavy atom. The minimum absolute atomic E-state index is 0.0404. The van der Waals surface area contributed by atoms with E-state index in [4.69, 9.17) is 4.74 Å². The third-order valence-electron chi connectivity index (χ3n) is 6.74. The van der Waals surface area contributed by atoms with E-state index in [1.54, 1.807) is 0 Å². The highest BCUT2D eigenvalue weighted by molar-refractivity contribution is 5.77. The maximum Gasteiger partial charge on any atom is 0.225 e. The van der Waals surface area contributed by atoms with Crippen LogP contribution in [0.5, 0.6) is 0 Å². The summed E-state index contributed by atoms with van der Waals surface area (Å²) in [4.78, 5) is 31.9. The van der Waals surface area contributed by atoms with Gasteiger partial charge in [0.05, 0.1) is 19.1 Å². The Morgan fingerprint density at radius 1 is 1.07 bits per heavy atom. The molecule has 0 aromatic rings. The molecule has 3 heterocycles. The topological polar surface area (TPSA) is 53.1 Å². The number of carbonyl (C=O) groups excluding carboxylic acids is 2. The molecule has 27 heavy (non-hydrogen) atoms. The van der Waals surface area contributed by atoms with E-state index in [0.29, 0.717) is 43.2 Å². The van der Waals surface area contributed by atoms with Gasteiger partial charge in [-0.25, -0.2) is 0 Å². The predicted octanol–water partition coefficient (Wildman–Crippen LogP) is 1.98. The molecule has 6 nitrogen and oxygen atoms in total. The van der Waals surface area contributed by atoms with Gasteiger partial charge in [0.1, 0.15) is 0 Å². The minimum Gasteiger partial charge on any atom is -0.376 e. The number of hydrogen-bond donors (Lipinski definition) is 0. The molecule has 154 valence electrons. The largest absolute Gasteiger partial charge is 0.376 e. The van der Waals surface area contributed by atoms with Crippen LogP contribution in [0.4, 0.5) is 0 Å². The fourth-order valence-electron chi connectivity index (χ4n) is 5.35. The highest BCUT2D eigenvalue weighted by Crippen LogP contribution is 2.42. The summed E-state index contributed by atoms with van der Waals surface area (Å²) in [6, 6.07) is 0.371. The lowest BCUT2D eigenvalue weighted by atomic mass is 9.84. The molecule has 0 saturated carbocycles.